The van der Waals surface area contributed by atoms with Crippen LogP contribution in [0.4, 0.5) is 16.0 Å². The summed E-state index contributed by atoms with van der Waals surface area (Å²) in [6.45, 7) is 0. The highest BCUT2D eigenvalue weighted by Gasteiger charge is 2.11. The summed E-state index contributed by atoms with van der Waals surface area (Å²) in [6.07, 6.45) is 0. The van der Waals surface area contributed by atoms with Crippen LogP contribution in [0.1, 0.15) is 0 Å². The Morgan fingerprint density at radius 1 is 1.00 bits per heavy atom. The van der Waals surface area contributed by atoms with Gasteiger partial charge >= 0.3 is 0 Å². The molecular formula is C16H12ClFN4S. The van der Waals surface area contributed by atoms with Gasteiger partial charge in [0.1, 0.15) is 22.5 Å². The van der Waals surface area contributed by atoms with E-state index in [4.69, 9.17) is 17.3 Å². The second kappa shape index (κ2) is 6.85. The number of nitrogens with zero attached hydrogens (tertiary/aromatic N) is 2. The maximum Gasteiger partial charge on any atom is 0.136 e. The van der Waals surface area contributed by atoms with Gasteiger partial charge in [0, 0.05) is 17.5 Å². The van der Waals surface area contributed by atoms with Crippen molar-refractivity contribution in [2.24, 2.45) is 0 Å². The predicted octanol–water partition coefficient (Wildman–Crippen LogP) is 4.64. The number of hydrogen-bond acceptors (Lipinski definition) is 5. The van der Waals surface area contributed by atoms with Gasteiger partial charge in [0.05, 0.1) is 10.7 Å². The number of pyridine rings is 2. The van der Waals surface area contributed by atoms with Gasteiger partial charge in [0.2, 0.25) is 0 Å². The minimum absolute atomic E-state index is 0.355. The topological polar surface area (TPSA) is 63.8 Å². The number of nitrogens with one attached hydrogen (secondary N) is 1. The van der Waals surface area contributed by atoms with Crippen LogP contribution in [0.3, 0.4) is 0 Å². The van der Waals surface area contributed by atoms with E-state index in [9.17, 15) is 4.39 Å². The molecule has 0 unspecified atom stereocenters. The fourth-order valence-corrected chi connectivity index (χ4v) is 2.76. The number of nitrogens with two attached hydrogens (primary N) is 1. The molecule has 3 rings (SSSR count). The van der Waals surface area contributed by atoms with Crippen LogP contribution < -0.4 is 10.5 Å². The Morgan fingerprint density at radius 3 is 2.61 bits per heavy atom. The molecule has 0 aliphatic rings. The van der Waals surface area contributed by atoms with Crippen molar-refractivity contribution >= 4 is 35.2 Å². The number of rotatable bonds is 4. The molecule has 0 spiro atoms. The van der Waals surface area contributed by atoms with E-state index in [0.717, 1.165) is 0 Å². The molecule has 0 radical (unpaired) electrons. The number of aromatic nitrogens is 2. The van der Waals surface area contributed by atoms with Crippen LogP contribution in [0.15, 0.2) is 59.6 Å². The molecule has 0 fully saturated rings. The highest BCUT2D eigenvalue weighted by atomic mass is 35.5. The van der Waals surface area contributed by atoms with Crippen LogP contribution in [-0.2, 0) is 0 Å². The summed E-state index contributed by atoms with van der Waals surface area (Å²) in [6, 6.07) is 15.1. The fraction of sp³-hybridized carbons (Fsp3) is 0. The predicted molar refractivity (Wildman–Crippen MR) is 92.8 cm³/mol. The molecule has 116 valence electrons. The number of nitrogen functional groups attached to an aromatic ring is 1. The van der Waals surface area contributed by atoms with Crippen molar-refractivity contribution in [3.8, 4) is 11.3 Å². The summed E-state index contributed by atoms with van der Waals surface area (Å²) < 4.78 is 17.0. The minimum atomic E-state index is -0.371. The van der Waals surface area contributed by atoms with Crippen LogP contribution >= 0.6 is 23.5 Å². The maximum absolute atomic E-state index is 13.9. The standard InChI is InChI=1S/C16H12ClFN4S/c17-11-8-9-14(22-23-15-7-3-6-13(19)20-15)21-16(11)10-4-1-2-5-12(10)18/h1-9H,(H2,19,20)(H,21,22). The molecule has 2 aromatic heterocycles. The van der Waals surface area contributed by atoms with Crippen LogP contribution in [0.2, 0.25) is 5.02 Å². The van der Waals surface area contributed by atoms with Crippen LogP contribution in [0.5, 0.6) is 0 Å². The second-order valence-corrected chi connectivity index (χ2v) is 5.85. The molecule has 7 heteroatoms. The molecule has 0 atom stereocenters. The van der Waals surface area contributed by atoms with Gasteiger partial charge in [0.25, 0.3) is 0 Å². The van der Waals surface area contributed by atoms with E-state index in [1.54, 1.807) is 36.4 Å². The molecular weight excluding hydrogens is 335 g/mol. The summed E-state index contributed by atoms with van der Waals surface area (Å²) in [5, 5.41) is 1.09. The lowest BCUT2D eigenvalue weighted by molar-refractivity contribution is 0.631. The van der Waals surface area contributed by atoms with Gasteiger partial charge in [-0.05, 0) is 36.4 Å². The normalized spacial score (nSPS) is 10.5. The lowest BCUT2D eigenvalue weighted by atomic mass is 10.1. The van der Waals surface area contributed by atoms with E-state index in [1.165, 1.54) is 18.0 Å². The van der Waals surface area contributed by atoms with Gasteiger partial charge in [-0.2, -0.15) is 0 Å². The average Bonchev–Trinajstić information content (AvgIpc) is 2.55. The van der Waals surface area contributed by atoms with E-state index < -0.39 is 0 Å². The summed E-state index contributed by atoms with van der Waals surface area (Å²) >= 11 is 7.41. The Balaban J connectivity index is 1.85. The first-order valence-corrected chi connectivity index (χ1v) is 7.90. The molecule has 23 heavy (non-hydrogen) atoms. The molecule has 0 saturated carbocycles. The molecule has 0 aliphatic carbocycles. The zero-order valence-electron chi connectivity index (χ0n) is 11.8. The van der Waals surface area contributed by atoms with E-state index in [1.807, 2.05) is 12.1 Å². The molecule has 1 aromatic carbocycles. The van der Waals surface area contributed by atoms with Gasteiger partial charge in [-0.25, -0.2) is 14.4 Å². The molecule has 3 N–H and O–H groups in total. The van der Waals surface area contributed by atoms with Gasteiger partial charge in [-0.3, -0.25) is 0 Å². The largest absolute Gasteiger partial charge is 0.384 e. The minimum Gasteiger partial charge on any atom is -0.384 e. The van der Waals surface area contributed by atoms with Crippen molar-refractivity contribution < 1.29 is 4.39 Å². The highest BCUT2D eigenvalue weighted by molar-refractivity contribution is 8.00. The van der Waals surface area contributed by atoms with E-state index >= 15 is 0 Å². The molecule has 3 aromatic rings. The smallest absolute Gasteiger partial charge is 0.136 e. The van der Waals surface area contributed by atoms with Gasteiger partial charge in [-0.15, -0.1) is 0 Å². The third kappa shape index (κ3) is 3.72. The number of benzene rings is 1. The Bertz CT molecular complexity index is 844. The van der Waals surface area contributed by atoms with Crippen LogP contribution in [0.25, 0.3) is 11.3 Å². The van der Waals surface area contributed by atoms with Gasteiger partial charge in [-0.1, -0.05) is 29.8 Å². The SMILES string of the molecule is Nc1cccc(SNc2ccc(Cl)c(-c3ccccc3F)n2)n1. The lowest BCUT2D eigenvalue weighted by Crippen LogP contribution is -1.96. The monoisotopic (exact) mass is 346 g/mol. The Labute approximate surface area is 142 Å². The van der Waals surface area contributed by atoms with Crippen molar-refractivity contribution in [2.45, 2.75) is 5.03 Å². The van der Waals surface area contributed by atoms with E-state index in [-0.39, 0.29) is 5.82 Å². The van der Waals surface area contributed by atoms with Gasteiger partial charge < -0.3 is 10.5 Å². The average molecular weight is 347 g/mol. The first-order valence-electron chi connectivity index (χ1n) is 6.70. The number of anilines is 2. The number of halogens is 2. The molecule has 0 aliphatic heterocycles. The van der Waals surface area contributed by atoms with Crippen molar-refractivity contribution in [2.75, 3.05) is 10.5 Å². The van der Waals surface area contributed by atoms with Crippen molar-refractivity contribution in [3.05, 3.63) is 65.4 Å². The summed E-state index contributed by atoms with van der Waals surface area (Å²) in [5.74, 6) is 0.610. The zero-order chi connectivity index (χ0) is 16.2. The summed E-state index contributed by atoms with van der Waals surface area (Å²) in [7, 11) is 0. The Hall–Kier alpha value is -2.31. The third-order valence-corrected chi connectivity index (χ3v) is 4.03. The van der Waals surface area contributed by atoms with E-state index in [2.05, 4.69) is 14.7 Å². The van der Waals surface area contributed by atoms with Gasteiger partial charge in [0.15, 0.2) is 0 Å². The van der Waals surface area contributed by atoms with Crippen molar-refractivity contribution in [1.29, 1.82) is 0 Å². The van der Waals surface area contributed by atoms with E-state index in [0.29, 0.717) is 32.9 Å². The molecule has 4 nitrogen and oxygen atoms in total. The second-order valence-electron chi connectivity index (χ2n) is 4.61. The van der Waals surface area contributed by atoms with Crippen molar-refractivity contribution in [3.63, 3.8) is 0 Å². The summed E-state index contributed by atoms with van der Waals surface area (Å²) in [5.41, 5.74) is 6.38. The zero-order valence-corrected chi connectivity index (χ0v) is 13.4. The molecule has 2 heterocycles. The highest BCUT2D eigenvalue weighted by Crippen LogP contribution is 2.30. The Kier molecular flexibility index (Phi) is 4.64. The molecule has 0 bridgehead atoms. The fourth-order valence-electron chi connectivity index (χ4n) is 1.93. The summed E-state index contributed by atoms with van der Waals surface area (Å²) in [4.78, 5) is 8.54. The first-order chi connectivity index (χ1) is 11.1. The lowest BCUT2D eigenvalue weighted by Gasteiger charge is -2.09. The maximum atomic E-state index is 13.9. The molecule has 0 saturated heterocycles. The van der Waals surface area contributed by atoms with Crippen molar-refractivity contribution in [1.82, 2.24) is 9.97 Å². The quantitative estimate of drug-likeness (QED) is 0.674. The third-order valence-electron chi connectivity index (χ3n) is 2.98. The van der Waals surface area contributed by atoms with Crippen LogP contribution in [0, 0.1) is 5.82 Å². The Morgan fingerprint density at radius 2 is 1.83 bits per heavy atom. The van der Waals surface area contributed by atoms with Crippen LogP contribution in [-0.4, -0.2) is 9.97 Å². The molecule has 0 amide bonds. The first kappa shape index (κ1) is 15.6. The number of hydrogen-bond donors (Lipinski definition) is 2.